The van der Waals surface area contributed by atoms with Crippen molar-refractivity contribution in [1.82, 2.24) is 5.32 Å². The Morgan fingerprint density at radius 3 is 2.90 bits per heavy atom. The molecule has 0 heterocycles. The van der Waals surface area contributed by atoms with E-state index >= 15 is 0 Å². The second-order valence-electron chi connectivity index (χ2n) is 5.45. The minimum Gasteiger partial charge on any atom is -0.370 e. The lowest BCUT2D eigenvalue weighted by molar-refractivity contribution is -0.122. The van der Waals surface area contributed by atoms with E-state index in [1.54, 1.807) is 0 Å². The predicted octanol–water partition coefficient (Wildman–Crippen LogP) is 2.24. The first-order valence-corrected chi connectivity index (χ1v) is 7.62. The van der Waals surface area contributed by atoms with Gasteiger partial charge in [0.05, 0.1) is 6.54 Å². The molecule has 0 unspecified atom stereocenters. The number of amides is 1. The van der Waals surface area contributed by atoms with Crippen LogP contribution in [-0.2, 0) is 11.3 Å². The number of nitrogens with zero attached hydrogens (tertiary/aromatic N) is 1. The summed E-state index contributed by atoms with van der Waals surface area (Å²) >= 11 is 0. The lowest BCUT2D eigenvalue weighted by atomic mass is 9.85. The number of nitrogens with two attached hydrogens (primary N) is 1. The fraction of sp³-hybridized carbons (Fsp3) is 0.500. The topological polar surface area (TPSA) is 79.5 Å². The predicted molar refractivity (Wildman–Crippen MR) is 86.0 cm³/mol. The van der Waals surface area contributed by atoms with Crippen molar-refractivity contribution < 1.29 is 4.79 Å². The minimum atomic E-state index is 0.131. The average molecular weight is 288 g/mol. The molecule has 0 spiro atoms. The van der Waals surface area contributed by atoms with Crippen LogP contribution in [-0.4, -0.2) is 18.4 Å². The van der Waals surface area contributed by atoms with Crippen molar-refractivity contribution >= 4 is 17.6 Å². The van der Waals surface area contributed by atoms with Gasteiger partial charge in [0.2, 0.25) is 5.91 Å². The normalized spacial score (nSPS) is 15.4. The molecule has 114 valence electrons. The van der Waals surface area contributed by atoms with Gasteiger partial charge in [0.15, 0.2) is 5.96 Å². The standard InChI is InChI=1S/C16H24N4O/c1-2-9-18-16(17)19-11-12-5-3-8-14(10-12)20-15(21)13-6-4-7-13/h3,5,8,10,13H,2,4,6-7,9,11H2,1H3,(H,20,21)(H3,17,18,19). The number of anilines is 1. The van der Waals surface area contributed by atoms with Crippen molar-refractivity contribution in [3.8, 4) is 0 Å². The number of carbonyl (C=O) groups is 1. The first-order valence-electron chi connectivity index (χ1n) is 7.62. The van der Waals surface area contributed by atoms with Crippen molar-refractivity contribution in [3.63, 3.8) is 0 Å². The number of carbonyl (C=O) groups excluding carboxylic acids is 1. The van der Waals surface area contributed by atoms with Crippen LogP contribution in [0.4, 0.5) is 5.69 Å². The third kappa shape index (κ3) is 4.77. The van der Waals surface area contributed by atoms with Gasteiger partial charge in [-0.2, -0.15) is 0 Å². The van der Waals surface area contributed by atoms with Gasteiger partial charge in [-0.15, -0.1) is 0 Å². The molecular formula is C16H24N4O. The van der Waals surface area contributed by atoms with Crippen molar-refractivity contribution in [2.24, 2.45) is 16.6 Å². The summed E-state index contributed by atoms with van der Waals surface area (Å²) in [6.45, 7) is 3.41. The van der Waals surface area contributed by atoms with Gasteiger partial charge < -0.3 is 16.4 Å². The molecular weight excluding hydrogens is 264 g/mol. The maximum absolute atomic E-state index is 11.9. The summed E-state index contributed by atoms with van der Waals surface area (Å²) in [6, 6.07) is 7.77. The lowest BCUT2D eigenvalue weighted by Gasteiger charge is -2.24. The molecule has 1 saturated carbocycles. The Balaban J connectivity index is 1.89. The molecule has 0 aromatic heterocycles. The average Bonchev–Trinajstić information content (AvgIpc) is 2.41. The number of aliphatic imine (C=N–C) groups is 1. The van der Waals surface area contributed by atoms with E-state index in [1.165, 1.54) is 0 Å². The van der Waals surface area contributed by atoms with Gasteiger partial charge in [0.1, 0.15) is 0 Å². The Hall–Kier alpha value is -2.04. The van der Waals surface area contributed by atoms with Crippen LogP contribution in [0.3, 0.4) is 0 Å². The molecule has 0 bridgehead atoms. The smallest absolute Gasteiger partial charge is 0.227 e. The molecule has 1 aliphatic rings. The molecule has 0 radical (unpaired) electrons. The molecule has 5 nitrogen and oxygen atoms in total. The van der Waals surface area contributed by atoms with Gasteiger partial charge in [-0.25, -0.2) is 4.99 Å². The van der Waals surface area contributed by atoms with E-state index in [0.717, 1.165) is 43.5 Å². The molecule has 1 fully saturated rings. The number of guanidine groups is 1. The van der Waals surface area contributed by atoms with Crippen LogP contribution in [0.5, 0.6) is 0 Å². The van der Waals surface area contributed by atoms with Gasteiger partial charge in [-0.05, 0) is 37.0 Å². The van der Waals surface area contributed by atoms with Crippen molar-refractivity contribution in [3.05, 3.63) is 29.8 Å². The monoisotopic (exact) mass is 288 g/mol. The largest absolute Gasteiger partial charge is 0.370 e. The zero-order valence-corrected chi connectivity index (χ0v) is 12.6. The highest BCUT2D eigenvalue weighted by Crippen LogP contribution is 2.27. The van der Waals surface area contributed by atoms with Gasteiger partial charge in [0, 0.05) is 18.2 Å². The molecule has 1 aromatic rings. The first-order chi connectivity index (χ1) is 10.2. The number of benzene rings is 1. The highest BCUT2D eigenvalue weighted by molar-refractivity contribution is 5.93. The maximum Gasteiger partial charge on any atom is 0.227 e. The number of rotatable bonds is 6. The van der Waals surface area contributed by atoms with E-state index in [0.29, 0.717) is 12.5 Å². The van der Waals surface area contributed by atoms with E-state index in [-0.39, 0.29) is 11.8 Å². The van der Waals surface area contributed by atoms with E-state index in [4.69, 9.17) is 5.73 Å². The Morgan fingerprint density at radius 1 is 1.43 bits per heavy atom. The summed E-state index contributed by atoms with van der Waals surface area (Å²) in [5, 5.41) is 6.01. The van der Waals surface area contributed by atoms with Crippen LogP contribution in [0.1, 0.15) is 38.2 Å². The van der Waals surface area contributed by atoms with Crippen molar-refractivity contribution in [2.45, 2.75) is 39.2 Å². The zero-order chi connectivity index (χ0) is 15.1. The first kappa shape index (κ1) is 15.4. The lowest BCUT2D eigenvalue weighted by Crippen LogP contribution is -2.32. The fourth-order valence-electron chi connectivity index (χ4n) is 2.15. The van der Waals surface area contributed by atoms with Gasteiger partial charge in [-0.3, -0.25) is 4.79 Å². The van der Waals surface area contributed by atoms with Gasteiger partial charge >= 0.3 is 0 Å². The highest BCUT2D eigenvalue weighted by Gasteiger charge is 2.25. The number of hydrogen-bond donors (Lipinski definition) is 3. The fourth-order valence-corrected chi connectivity index (χ4v) is 2.15. The Bertz CT molecular complexity index is 509. The quantitative estimate of drug-likeness (QED) is 0.555. The van der Waals surface area contributed by atoms with Crippen LogP contribution < -0.4 is 16.4 Å². The summed E-state index contributed by atoms with van der Waals surface area (Å²) in [5.41, 5.74) is 7.62. The highest BCUT2D eigenvalue weighted by atomic mass is 16.1. The van der Waals surface area contributed by atoms with E-state index in [9.17, 15) is 4.79 Å². The summed E-state index contributed by atoms with van der Waals surface area (Å²) in [7, 11) is 0. The van der Waals surface area contributed by atoms with Crippen LogP contribution in [0, 0.1) is 5.92 Å². The molecule has 21 heavy (non-hydrogen) atoms. The van der Waals surface area contributed by atoms with E-state index in [2.05, 4.69) is 22.5 Å². The number of hydrogen-bond acceptors (Lipinski definition) is 2. The molecule has 0 atom stereocenters. The van der Waals surface area contributed by atoms with Crippen molar-refractivity contribution in [2.75, 3.05) is 11.9 Å². The Kier molecular flexibility index (Phi) is 5.60. The summed E-state index contributed by atoms with van der Waals surface area (Å²) in [5.74, 6) is 0.785. The molecule has 0 saturated heterocycles. The minimum absolute atomic E-state index is 0.131. The third-order valence-corrected chi connectivity index (χ3v) is 3.66. The second kappa shape index (κ2) is 7.67. The SMILES string of the molecule is CCCNC(N)=NCc1cccc(NC(=O)C2CCC2)c1. The molecule has 4 N–H and O–H groups in total. The molecule has 2 rings (SSSR count). The van der Waals surface area contributed by atoms with E-state index < -0.39 is 0 Å². The molecule has 5 heteroatoms. The summed E-state index contributed by atoms with van der Waals surface area (Å²) in [4.78, 5) is 16.2. The van der Waals surface area contributed by atoms with Crippen LogP contribution >= 0.6 is 0 Å². The van der Waals surface area contributed by atoms with Gasteiger partial charge in [0.25, 0.3) is 0 Å². The second-order valence-corrected chi connectivity index (χ2v) is 5.45. The molecule has 1 amide bonds. The Morgan fingerprint density at radius 2 is 2.24 bits per heavy atom. The van der Waals surface area contributed by atoms with E-state index in [1.807, 2.05) is 24.3 Å². The molecule has 0 aliphatic heterocycles. The van der Waals surface area contributed by atoms with Crippen molar-refractivity contribution in [1.29, 1.82) is 0 Å². The van der Waals surface area contributed by atoms with Crippen LogP contribution in [0.25, 0.3) is 0 Å². The number of nitrogens with one attached hydrogen (secondary N) is 2. The summed E-state index contributed by atoms with van der Waals surface area (Å²) in [6.07, 6.45) is 4.20. The summed E-state index contributed by atoms with van der Waals surface area (Å²) < 4.78 is 0. The van der Waals surface area contributed by atoms with Gasteiger partial charge in [-0.1, -0.05) is 25.5 Å². The Labute approximate surface area is 126 Å². The van der Waals surface area contributed by atoms with Crippen LogP contribution in [0.15, 0.2) is 29.3 Å². The molecule has 1 aromatic carbocycles. The zero-order valence-electron chi connectivity index (χ0n) is 12.6. The maximum atomic E-state index is 11.9. The third-order valence-electron chi connectivity index (χ3n) is 3.66. The molecule has 1 aliphatic carbocycles. The van der Waals surface area contributed by atoms with Crippen LogP contribution in [0.2, 0.25) is 0 Å².